The summed E-state index contributed by atoms with van der Waals surface area (Å²) in [5, 5.41) is 0. The van der Waals surface area contributed by atoms with Crippen LogP contribution in [0.2, 0.25) is 0 Å². The maximum Gasteiger partial charge on any atom is 0.238 e. The molecule has 0 amide bonds. The smallest absolute Gasteiger partial charge is 0.211 e. The lowest BCUT2D eigenvalue weighted by Crippen LogP contribution is -2.37. The first-order valence-corrected chi connectivity index (χ1v) is 7.79. The molecule has 0 aromatic heterocycles. The van der Waals surface area contributed by atoms with E-state index in [-0.39, 0.29) is 12.0 Å². The van der Waals surface area contributed by atoms with Crippen LogP contribution in [0.15, 0.2) is 67.5 Å². The highest BCUT2D eigenvalue weighted by Crippen LogP contribution is 2.40. The largest absolute Gasteiger partial charge is 0.238 e. The van der Waals surface area contributed by atoms with E-state index >= 15 is 0 Å². The van der Waals surface area contributed by atoms with Crippen molar-refractivity contribution in [2.45, 2.75) is 31.6 Å². The molecule has 0 aliphatic heterocycles. The zero-order valence-corrected chi connectivity index (χ0v) is 14.6. The lowest BCUT2D eigenvalue weighted by molar-refractivity contribution is 0.506. The Hall–Kier alpha value is -3.78. The molecule has 8 nitrogen and oxygen atoms in total. The first-order chi connectivity index (χ1) is 12.9. The van der Waals surface area contributed by atoms with Gasteiger partial charge in [0.2, 0.25) is 35.6 Å². The molecule has 1 aliphatic carbocycles. The summed E-state index contributed by atoms with van der Waals surface area (Å²) in [6, 6.07) is 7.45. The molecule has 0 unspecified atom stereocenters. The lowest BCUT2D eigenvalue weighted by Gasteiger charge is -2.33. The molecule has 0 spiro atoms. The Bertz CT molecular complexity index is 961. The van der Waals surface area contributed by atoms with Crippen molar-refractivity contribution >= 4 is 24.3 Å². The molecule has 1 aliphatic rings. The lowest BCUT2D eigenvalue weighted by atomic mass is 9.81. The van der Waals surface area contributed by atoms with Crippen LogP contribution in [-0.4, -0.2) is 35.6 Å². The molecule has 0 saturated carbocycles. The summed E-state index contributed by atoms with van der Waals surface area (Å²) in [4.78, 5) is 58.4. The number of aryl methyl sites for hydroxylation is 1. The van der Waals surface area contributed by atoms with Crippen molar-refractivity contribution in [3.05, 3.63) is 58.7 Å². The number of isocyanates is 4. The van der Waals surface area contributed by atoms with Crippen LogP contribution in [0.3, 0.4) is 0 Å². The fourth-order valence-corrected chi connectivity index (χ4v) is 2.85. The summed E-state index contributed by atoms with van der Waals surface area (Å²) in [5.41, 5.74) is -1.02. The van der Waals surface area contributed by atoms with Gasteiger partial charge in [0.1, 0.15) is 0 Å². The monoisotopic (exact) mass is 362 g/mol. The highest BCUT2D eigenvalue weighted by molar-refractivity contribution is 5.56. The van der Waals surface area contributed by atoms with Crippen LogP contribution >= 0.6 is 0 Å². The zero-order chi connectivity index (χ0) is 19.9. The minimum atomic E-state index is -1.71. The van der Waals surface area contributed by atoms with Gasteiger partial charge in [-0.2, -0.15) is 20.0 Å². The molecule has 1 aromatic carbocycles. The minimum absolute atomic E-state index is 0.185. The molecular formula is C19H14N4O4. The molecule has 8 heteroatoms. The van der Waals surface area contributed by atoms with E-state index in [1.807, 2.05) is 31.2 Å². The van der Waals surface area contributed by atoms with E-state index in [0.717, 1.165) is 11.1 Å². The van der Waals surface area contributed by atoms with Crippen molar-refractivity contribution in [1.29, 1.82) is 0 Å². The zero-order valence-electron chi connectivity index (χ0n) is 14.6. The van der Waals surface area contributed by atoms with Crippen molar-refractivity contribution in [2.24, 2.45) is 20.0 Å². The Morgan fingerprint density at radius 3 is 1.70 bits per heavy atom. The summed E-state index contributed by atoms with van der Waals surface area (Å²) in [5.74, 6) is 0. The van der Waals surface area contributed by atoms with E-state index in [0.29, 0.717) is 5.57 Å². The van der Waals surface area contributed by atoms with E-state index in [9.17, 15) is 19.2 Å². The van der Waals surface area contributed by atoms with E-state index in [4.69, 9.17) is 0 Å². The summed E-state index contributed by atoms with van der Waals surface area (Å²) >= 11 is 0. The second-order valence-electron chi connectivity index (χ2n) is 5.92. The van der Waals surface area contributed by atoms with Gasteiger partial charge in [0.25, 0.3) is 0 Å². The molecule has 0 atom stereocenters. The topological polar surface area (TPSA) is 118 Å². The number of rotatable bonds is 6. The molecular weight excluding hydrogens is 348 g/mol. The fourth-order valence-electron chi connectivity index (χ4n) is 2.85. The van der Waals surface area contributed by atoms with Gasteiger partial charge in [0.15, 0.2) is 0 Å². The van der Waals surface area contributed by atoms with Crippen molar-refractivity contribution in [2.75, 3.05) is 0 Å². The molecule has 134 valence electrons. The van der Waals surface area contributed by atoms with Crippen LogP contribution in [0.4, 0.5) is 0 Å². The van der Waals surface area contributed by atoms with Gasteiger partial charge in [-0.05, 0) is 49.1 Å². The molecule has 0 heterocycles. The Kier molecular flexibility index (Phi) is 5.84. The molecule has 0 bridgehead atoms. The van der Waals surface area contributed by atoms with Gasteiger partial charge >= 0.3 is 0 Å². The van der Waals surface area contributed by atoms with Crippen molar-refractivity contribution < 1.29 is 19.2 Å². The van der Waals surface area contributed by atoms with E-state index in [1.165, 1.54) is 43.4 Å². The number of carbonyl (C=O) groups excluding carboxylic acids is 4. The molecule has 27 heavy (non-hydrogen) atoms. The molecule has 0 radical (unpaired) electrons. The first kappa shape index (κ1) is 19.5. The minimum Gasteiger partial charge on any atom is -0.211 e. The van der Waals surface area contributed by atoms with Gasteiger partial charge in [-0.3, -0.25) is 0 Å². The molecule has 0 N–H and O–H groups in total. The van der Waals surface area contributed by atoms with Crippen molar-refractivity contribution in [3.63, 3.8) is 0 Å². The summed E-state index contributed by atoms with van der Waals surface area (Å²) in [7, 11) is 0. The number of nitrogens with zero attached hydrogens (tertiary/aromatic N) is 4. The Balaban J connectivity index is 2.76. The predicted octanol–water partition coefficient (Wildman–Crippen LogP) is 2.16. The molecule has 0 fully saturated rings. The van der Waals surface area contributed by atoms with Gasteiger partial charge in [0, 0.05) is 0 Å². The summed E-state index contributed by atoms with van der Waals surface area (Å²) in [6.45, 7) is 3.42. The normalized spacial score (nSPS) is 23.3. The average molecular weight is 362 g/mol. The van der Waals surface area contributed by atoms with Gasteiger partial charge in [0.05, 0.1) is 0 Å². The SMILES string of the molecule is CC1=CC(N=C=O)(N=C=O)C(Cc2ccc(C)cc2)=CC1(N=C=O)N=C=O. The van der Waals surface area contributed by atoms with E-state index < -0.39 is 11.3 Å². The van der Waals surface area contributed by atoms with Crippen LogP contribution in [0.5, 0.6) is 0 Å². The standard InChI is InChI=1S/C19H14N4O4/c1-14-3-5-16(6-4-14)7-17-9-18(20-10-24,21-11-25)15(2)8-19(17,22-12-26)23-13-27/h3-6,8-9H,7H2,1-2H3. The fraction of sp³-hybridized carbons (Fsp3) is 0.263. The van der Waals surface area contributed by atoms with Crippen LogP contribution in [0.25, 0.3) is 0 Å². The third-order valence-corrected chi connectivity index (χ3v) is 4.23. The second-order valence-corrected chi connectivity index (χ2v) is 5.92. The highest BCUT2D eigenvalue weighted by Gasteiger charge is 2.43. The van der Waals surface area contributed by atoms with Gasteiger partial charge in [-0.15, -0.1) is 0 Å². The van der Waals surface area contributed by atoms with Gasteiger partial charge in [-0.25, -0.2) is 19.2 Å². The van der Waals surface area contributed by atoms with E-state index in [2.05, 4.69) is 20.0 Å². The van der Waals surface area contributed by atoms with Crippen molar-refractivity contribution in [3.8, 4) is 0 Å². The molecule has 2 rings (SSSR count). The van der Waals surface area contributed by atoms with Crippen LogP contribution in [-0.2, 0) is 25.6 Å². The number of hydrogen-bond acceptors (Lipinski definition) is 8. The molecule has 0 saturated heterocycles. The van der Waals surface area contributed by atoms with Crippen LogP contribution in [0, 0.1) is 6.92 Å². The average Bonchev–Trinajstić information content (AvgIpc) is 2.62. The van der Waals surface area contributed by atoms with Crippen LogP contribution in [0.1, 0.15) is 18.1 Å². The first-order valence-electron chi connectivity index (χ1n) is 7.79. The molecule has 1 aromatic rings. The number of benzene rings is 1. The second kappa shape index (κ2) is 8.07. The predicted molar refractivity (Wildman–Crippen MR) is 94.7 cm³/mol. The maximum absolute atomic E-state index is 11.0. The summed E-state index contributed by atoms with van der Waals surface area (Å²) < 4.78 is 0. The highest BCUT2D eigenvalue weighted by atomic mass is 16.1. The van der Waals surface area contributed by atoms with Crippen LogP contribution < -0.4 is 0 Å². The van der Waals surface area contributed by atoms with E-state index in [1.54, 1.807) is 0 Å². The number of hydrogen-bond donors (Lipinski definition) is 0. The van der Waals surface area contributed by atoms with Gasteiger partial charge < -0.3 is 0 Å². The third kappa shape index (κ3) is 3.91. The quantitative estimate of drug-likeness (QED) is 0.438. The summed E-state index contributed by atoms with van der Waals surface area (Å²) in [6.07, 6.45) is 8.40. The Morgan fingerprint density at radius 1 is 0.741 bits per heavy atom. The van der Waals surface area contributed by atoms with Crippen molar-refractivity contribution in [1.82, 2.24) is 0 Å². The van der Waals surface area contributed by atoms with Gasteiger partial charge in [-0.1, -0.05) is 29.8 Å². The number of aliphatic imine (C=N–C) groups is 4. The third-order valence-electron chi connectivity index (χ3n) is 4.23. The Labute approximate surface area is 154 Å². The Morgan fingerprint density at radius 2 is 1.22 bits per heavy atom. The maximum atomic E-state index is 11.0.